The fourth-order valence-electron chi connectivity index (χ4n) is 6.09. The average Bonchev–Trinajstić information content (AvgIpc) is 3.20. The molecule has 35 heavy (non-hydrogen) atoms. The molecule has 3 rings (SSSR count). The Balaban J connectivity index is 1.67. The highest BCUT2D eigenvalue weighted by molar-refractivity contribution is 6.30. The van der Waals surface area contributed by atoms with Gasteiger partial charge in [-0.2, -0.15) is 0 Å². The Labute approximate surface area is 218 Å². The van der Waals surface area contributed by atoms with Crippen LogP contribution < -0.4 is 5.32 Å². The zero-order chi connectivity index (χ0) is 25.5. The Kier molecular flexibility index (Phi) is 9.92. The molecule has 1 aliphatic heterocycles. The lowest BCUT2D eigenvalue weighted by molar-refractivity contribution is -0.149. The highest BCUT2D eigenvalue weighted by atomic mass is 35.5. The average molecular weight is 504 g/mol. The number of ether oxygens (including phenoxy) is 1. The normalized spacial score (nSPS) is 26.7. The molecule has 1 aliphatic carbocycles. The molecule has 0 aromatic heterocycles. The molecule has 1 saturated carbocycles. The lowest BCUT2D eigenvalue weighted by Crippen LogP contribution is -2.53. The zero-order valence-corrected chi connectivity index (χ0v) is 23.2. The van der Waals surface area contributed by atoms with E-state index in [4.69, 9.17) is 21.3 Å². The molecule has 0 radical (unpaired) electrons. The van der Waals surface area contributed by atoms with E-state index in [0.29, 0.717) is 11.8 Å². The molecular formula is C29H46ClN3O2. The van der Waals surface area contributed by atoms with Gasteiger partial charge in [0.15, 0.2) is 5.54 Å². The molecule has 1 heterocycles. The predicted molar refractivity (Wildman–Crippen MR) is 147 cm³/mol. The van der Waals surface area contributed by atoms with Crippen LogP contribution in [0.25, 0.3) is 0 Å². The van der Waals surface area contributed by atoms with Gasteiger partial charge in [-0.15, -0.1) is 0 Å². The van der Waals surface area contributed by atoms with E-state index in [0.717, 1.165) is 55.8 Å². The second-order valence-electron chi connectivity index (χ2n) is 11.2. The van der Waals surface area contributed by atoms with E-state index in [1.807, 2.05) is 18.5 Å². The third-order valence-corrected chi connectivity index (χ3v) is 8.59. The molecule has 196 valence electrons. The number of nitrogens with zero attached hydrogens (tertiary/aromatic N) is 2. The summed E-state index contributed by atoms with van der Waals surface area (Å²) in [5.41, 5.74) is 0.388. The largest absolute Gasteiger partial charge is 0.467 e. The van der Waals surface area contributed by atoms with Crippen molar-refractivity contribution < 1.29 is 9.53 Å². The van der Waals surface area contributed by atoms with E-state index in [1.54, 1.807) is 0 Å². The predicted octanol–water partition coefficient (Wildman–Crippen LogP) is 7.34. The van der Waals surface area contributed by atoms with Gasteiger partial charge in [0, 0.05) is 22.8 Å². The number of methoxy groups -OCH3 is 1. The lowest BCUT2D eigenvalue weighted by atomic mass is 9.70. The van der Waals surface area contributed by atoms with Crippen LogP contribution in [0.2, 0.25) is 5.02 Å². The maximum atomic E-state index is 13.1. The number of halogens is 1. The van der Waals surface area contributed by atoms with Gasteiger partial charge in [0.25, 0.3) is 0 Å². The summed E-state index contributed by atoms with van der Waals surface area (Å²) in [7, 11) is 1.51. The van der Waals surface area contributed by atoms with Crippen LogP contribution in [0.1, 0.15) is 91.9 Å². The molecule has 2 unspecified atom stereocenters. The summed E-state index contributed by atoms with van der Waals surface area (Å²) in [6.45, 7) is 9.99. The fourth-order valence-corrected chi connectivity index (χ4v) is 6.22. The minimum absolute atomic E-state index is 0.0132. The van der Waals surface area contributed by atoms with Crippen LogP contribution in [0.15, 0.2) is 29.3 Å². The maximum Gasteiger partial charge on any atom is 0.335 e. The summed E-state index contributed by atoms with van der Waals surface area (Å²) in [6, 6.07) is 8.11. The minimum Gasteiger partial charge on any atom is -0.467 e. The summed E-state index contributed by atoms with van der Waals surface area (Å²) in [4.78, 5) is 20.3. The van der Waals surface area contributed by atoms with Crippen molar-refractivity contribution in [2.45, 2.75) is 109 Å². The van der Waals surface area contributed by atoms with E-state index in [9.17, 15) is 4.79 Å². The number of aliphatic imine (C=N–C) groups is 1. The second kappa shape index (κ2) is 12.5. The molecule has 2 aliphatic rings. The van der Waals surface area contributed by atoms with Crippen molar-refractivity contribution in [3.05, 3.63) is 29.3 Å². The first-order valence-corrected chi connectivity index (χ1v) is 14.1. The molecule has 5 nitrogen and oxygen atoms in total. The Hall–Kier alpha value is -1.75. The number of anilines is 1. The first-order valence-electron chi connectivity index (χ1n) is 13.7. The Morgan fingerprint density at radius 1 is 1.14 bits per heavy atom. The van der Waals surface area contributed by atoms with Gasteiger partial charge in [-0.3, -0.25) is 4.99 Å². The van der Waals surface area contributed by atoms with Gasteiger partial charge < -0.3 is 15.0 Å². The van der Waals surface area contributed by atoms with E-state index in [-0.39, 0.29) is 17.6 Å². The van der Waals surface area contributed by atoms with Crippen LogP contribution in [0, 0.1) is 11.8 Å². The first kappa shape index (κ1) is 27.8. The minimum atomic E-state index is -0.745. The van der Waals surface area contributed by atoms with Crippen molar-refractivity contribution in [1.82, 2.24) is 4.90 Å². The van der Waals surface area contributed by atoms with E-state index < -0.39 is 5.54 Å². The van der Waals surface area contributed by atoms with Crippen LogP contribution in [0.5, 0.6) is 0 Å². The molecular weight excluding hydrogens is 458 g/mol. The number of esters is 1. The Bertz CT molecular complexity index is 833. The number of hydrogen-bond donors (Lipinski definition) is 1. The first-order chi connectivity index (χ1) is 16.8. The second-order valence-corrected chi connectivity index (χ2v) is 11.6. The number of unbranched alkanes of at least 4 members (excludes halogenated alkanes) is 2. The summed E-state index contributed by atoms with van der Waals surface area (Å²) in [5.74, 6) is 1.06. The van der Waals surface area contributed by atoms with Gasteiger partial charge in [-0.25, -0.2) is 4.79 Å². The zero-order valence-electron chi connectivity index (χ0n) is 22.5. The molecule has 1 aromatic carbocycles. The quantitative estimate of drug-likeness (QED) is 0.303. The van der Waals surface area contributed by atoms with Gasteiger partial charge in [0.05, 0.1) is 19.5 Å². The maximum absolute atomic E-state index is 13.1. The molecule has 0 bridgehead atoms. The third kappa shape index (κ3) is 6.72. The van der Waals surface area contributed by atoms with E-state index in [1.165, 1.54) is 32.8 Å². The smallest absolute Gasteiger partial charge is 0.335 e. The van der Waals surface area contributed by atoms with E-state index >= 15 is 0 Å². The Morgan fingerprint density at radius 3 is 2.40 bits per heavy atom. The highest BCUT2D eigenvalue weighted by Crippen LogP contribution is 2.43. The number of carbonyl (C=O) groups is 1. The summed E-state index contributed by atoms with van der Waals surface area (Å²) in [5, 5.41) is 4.51. The fraction of sp³-hybridized carbons (Fsp3) is 0.724. The van der Waals surface area contributed by atoms with Gasteiger partial charge in [-0.1, -0.05) is 57.6 Å². The summed E-state index contributed by atoms with van der Waals surface area (Å²) in [6.07, 6.45) is 12.8. The number of rotatable bonds is 12. The molecule has 0 spiro atoms. The summed E-state index contributed by atoms with van der Waals surface area (Å²) >= 11 is 6.06. The van der Waals surface area contributed by atoms with Crippen LogP contribution in [-0.4, -0.2) is 48.0 Å². The van der Waals surface area contributed by atoms with Gasteiger partial charge in [0.1, 0.15) is 0 Å². The van der Waals surface area contributed by atoms with Crippen molar-refractivity contribution in [1.29, 1.82) is 0 Å². The molecule has 6 heteroatoms. The van der Waals surface area contributed by atoms with Crippen molar-refractivity contribution in [3.8, 4) is 0 Å². The van der Waals surface area contributed by atoms with Crippen molar-refractivity contribution in [3.63, 3.8) is 0 Å². The van der Waals surface area contributed by atoms with E-state index in [2.05, 4.69) is 50.0 Å². The topological polar surface area (TPSA) is 53.9 Å². The van der Waals surface area contributed by atoms with Crippen molar-refractivity contribution in [2.24, 2.45) is 16.8 Å². The molecule has 2 atom stereocenters. The van der Waals surface area contributed by atoms with Crippen LogP contribution >= 0.6 is 11.6 Å². The molecule has 1 fully saturated rings. The van der Waals surface area contributed by atoms with Gasteiger partial charge in [-0.05, 0) is 82.1 Å². The number of nitrogens with one attached hydrogen (secondary N) is 1. The van der Waals surface area contributed by atoms with Gasteiger partial charge >= 0.3 is 5.97 Å². The van der Waals surface area contributed by atoms with Crippen molar-refractivity contribution >= 4 is 29.6 Å². The molecule has 0 amide bonds. The Morgan fingerprint density at radius 2 is 1.80 bits per heavy atom. The molecule has 1 aromatic rings. The summed E-state index contributed by atoms with van der Waals surface area (Å²) < 4.78 is 5.34. The van der Waals surface area contributed by atoms with Crippen LogP contribution in [-0.2, 0) is 9.53 Å². The molecule has 1 N–H and O–H groups in total. The van der Waals surface area contributed by atoms with Crippen molar-refractivity contribution in [2.75, 3.05) is 19.0 Å². The standard InChI is InChI=1S/C29H46ClN3O2/c1-6-8-18-29(27(34)35-5)26(33(21-31-29)19-9-7-2)20-22-10-12-23(13-11-22)28(3,4)32-25-16-14-24(30)15-17-25/h14-17,21-23,26,32H,6-13,18-20H2,1-5H3. The lowest BCUT2D eigenvalue weighted by Gasteiger charge is -2.43. The molecule has 0 saturated heterocycles. The van der Waals surface area contributed by atoms with Crippen LogP contribution in [0.3, 0.4) is 0 Å². The monoisotopic (exact) mass is 503 g/mol. The van der Waals surface area contributed by atoms with Crippen LogP contribution in [0.4, 0.5) is 5.69 Å². The highest BCUT2D eigenvalue weighted by Gasteiger charge is 2.52. The number of benzene rings is 1. The number of carbonyl (C=O) groups excluding carboxylic acids is 1. The number of hydrogen-bond acceptors (Lipinski definition) is 5. The SMILES string of the molecule is CCCCN1C=NC(CCCC)(C(=O)OC)C1CC1CCC(C(C)(C)Nc2ccc(Cl)cc2)CC1. The third-order valence-electron chi connectivity index (χ3n) is 8.34. The van der Waals surface area contributed by atoms with Gasteiger partial charge in [0.2, 0.25) is 0 Å².